The molecular weight excluding hydrogens is 252 g/mol. The Morgan fingerprint density at radius 1 is 1.30 bits per heavy atom. The summed E-state index contributed by atoms with van der Waals surface area (Å²) in [7, 11) is 0. The zero-order valence-electron chi connectivity index (χ0n) is 12.0. The highest BCUT2D eigenvalue weighted by Gasteiger charge is 2.21. The van der Waals surface area contributed by atoms with E-state index in [2.05, 4.69) is 24.1 Å². The van der Waals surface area contributed by atoms with Gasteiger partial charge in [-0.15, -0.1) is 0 Å². The summed E-state index contributed by atoms with van der Waals surface area (Å²) in [5.74, 6) is -0.790. The molecule has 0 saturated heterocycles. The Kier molecular flexibility index (Phi) is 4.79. The van der Waals surface area contributed by atoms with Crippen LogP contribution in [0.2, 0.25) is 0 Å². The number of carboxylic acids is 1. The number of rotatable bonds is 7. The molecule has 108 valence electrons. The summed E-state index contributed by atoms with van der Waals surface area (Å²) in [6.07, 6.45) is 4.29. The summed E-state index contributed by atoms with van der Waals surface area (Å²) in [6.45, 7) is 4.15. The number of aliphatic carboxylic acids is 1. The Bertz CT molecular complexity index is 573. The second kappa shape index (κ2) is 6.57. The minimum Gasteiger partial charge on any atom is -0.480 e. The highest BCUT2D eigenvalue weighted by Crippen LogP contribution is 2.19. The van der Waals surface area contributed by atoms with E-state index in [-0.39, 0.29) is 6.04 Å². The first-order valence-corrected chi connectivity index (χ1v) is 7.19. The Hall–Kier alpha value is -1.81. The molecule has 0 radical (unpaired) electrons. The van der Waals surface area contributed by atoms with Gasteiger partial charge in [0.15, 0.2) is 0 Å². The van der Waals surface area contributed by atoms with E-state index in [4.69, 9.17) is 0 Å². The Morgan fingerprint density at radius 2 is 2.00 bits per heavy atom. The van der Waals surface area contributed by atoms with Gasteiger partial charge >= 0.3 is 5.97 Å². The summed E-state index contributed by atoms with van der Waals surface area (Å²) in [4.78, 5) is 14.6. The molecule has 0 aliphatic rings. The minimum absolute atomic E-state index is 0.251. The number of carboxylic acid groups (broad SMARTS) is 1. The normalized spacial score (nSPS) is 12.9. The van der Waals surface area contributed by atoms with Crippen molar-refractivity contribution in [3.05, 3.63) is 36.0 Å². The average Bonchev–Trinajstić information content (AvgIpc) is 2.86. The lowest BCUT2D eigenvalue weighted by Gasteiger charge is -2.21. The van der Waals surface area contributed by atoms with Gasteiger partial charge in [-0.1, -0.05) is 32.0 Å². The molecule has 0 fully saturated rings. The Morgan fingerprint density at radius 3 is 2.65 bits per heavy atom. The molecule has 3 N–H and O–H groups in total. The number of carbonyl (C=O) groups is 1. The van der Waals surface area contributed by atoms with Gasteiger partial charge in [0.25, 0.3) is 0 Å². The molecule has 20 heavy (non-hydrogen) atoms. The third-order valence-corrected chi connectivity index (χ3v) is 3.82. The molecule has 0 bridgehead atoms. The lowest BCUT2D eigenvalue weighted by molar-refractivity contribution is -0.139. The van der Waals surface area contributed by atoms with Crippen LogP contribution in [0.1, 0.15) is 32.3 Å². The van der Waals surface area contributed by atoms with Crippen molar-refractivity contribution in [1.82, 2.24) is 10.3 Å². The van der Waals surface area contributed by atoms with Crippen LogP contribution in [0.5, 0.6) is 0 Å². The van der Waals surface area contributed by atoms with Crippen molar-refractivity contribution >= 4 is 16.9 Å². The summed E-state index contributed by atoms with van der Waals surface area (Å²) < 4.78 is 0. The largest absolute Gasteiger partial charge is 0.480 e. The quantitative estimate of drug-likeness (QED) is 0.727. The maximum Gasteiger partial charge on any atom is 0.321 e. The summed E-state index contributed by atoms with van der Waals surface area (Å²) in [6, 6.07) is 7.68. The zero-order chi connectivity index (χ0) is 14.5. The number of hydrogen-bond acceptors (Lipinski definition) is 2. The van der Waals surface area contributed by atoms with Crippen molar-refractivity contribution < 1.29 is 9.90 Å². The van der Waals surface area contributed by atoms with Gasteiger partial charge < -0.3 is 15.4 Å². The lowest BCUT2D eigenvalue weighted by Crippen LogP contribution is -2.44. The van der Waals surface area contributed by atoms with Gasteiger partial charge in [0.05, 0.1) is 0 Å². The fourth-order valence-electron chi connectivity index (χ4n) is 2.55. The van der Waals surface area contributed by atoms with Crippen LogP contribution in [0.25, 0.3) is 10.9 Å². The Labute approximate surface area is 119 Å². The molecule has 2 rings (SSSR count). The number of fused-ring (bicyclic) bond motifs is 1. The average molecular weight is 274 g/mol. The predicted octanol–water partition coefficient (Wildman–Crippen LogP) is 2.94. The number of H-pyrrole nitrogens is 1. The predicted molar refractivity (Wildman–Crippen MR) is 80.9 cm³/mol. The van der Waals surface area contributed by atoms with E-state index in [0.29, 0.717) is 6.42 Å². The molecule has 0 aliphatic carbocycles. The number of hydrogen-bond donors (Lipinski definition) is 3. The second-order valence-corrected chi connectivity index (χ2v) is 5.13. The first kappa shape index (κ1) is 14.6. The lowest BCUT2D eigenvalue weighted by atomic mass is 10.0. The van der Waals surface area contributed by atoms with Crippen molar-refractivity contribution in [1.29, 1.82) is 0 Å². The molecule has 0 amide bonds. The first-order valence-electron chi connectivity index (χ1n) is 7.19. The van der Waals surface area contributed by atoms with Crippen molar-refractivity contribution in [2.45, 2.75) is 45.2 Å². The van der Waals surface area contributed by atoms with Crippen LogP contribution in [0, 0.1) is 0 Å². The molecule has 2 aromatic rings. The van der Waals surface area contributed by atoms with Crippen LogP contribution in [-0.4, -0.2) is 28.1 Å². The van der Waals surface area contributed by atoms with Crippen LogP contribution in [-0.2, 0) is 11.2 Å². The molecule has 1 unspecified atom stereocenters. The van der Waals surface area contributed by atoms with Crippen LogP contribution in [0.15, 0.2) is 30.5 Å². The fraction of sp³-hybridized carbons (Fsp3) is 0.438. The molecule has 1 aromatic carbocycles. The monoisotopic (exact) mass is 274 g/mol. The molecule has 0 spiro atoms. The van der Waals surface area contributed by atoms with Gasteiger partial charge in [0.2, 0.25) is 0 Å². The van der Waals surface area contributed by atoms with Crippen molar-refractivity contribution in [2.75, 3.05) is 0 Å². The van der Waals surface area contributed by atoms with Gasteiger partial charge in [-0.25, -0.2) is 0 Å². The summed E-state index contributed by atoms with van der Waals surface area (Å²) >= 11 is 0. The molecule has 4 heteroatoms. The first-order chi connectivity index (χ1) is 9.65. The van der Waals surface area contributed by atoms with Gasteiger partial charge in [0, 0.05) is 29.6 Å². The fourth-order valence-corrected chi connectivity index (χ4v) is 2.55. The number of para-hydroxylation sites is 1. The smallest absolute Gasteiger partial charge is 0.321 e. The molecule has 0 aliphatic heterocycles. The van der Waals surface area contributed by atoms with Crippen molar-refractivity contribution in [2.24, 2.45) is 0 Å². The van der Waals surface area contributed by atoms with Gasteiger partial charge in [-0.3, -0.25) is 4.79 Å². The SMILES string of the molecule is CCC(CC)NC(Cc1c[nH]c2ccccc12)C(=O)O. The molecule has 1 heterocycles. The third kappa shape index (κ3) is 3.20. The number of aromatic amines is 1. The molecule has 0 saturated carbocycles. The van der Waals surface area contributed by atoms with Gasteiger partial charge in [-0.2, -0.15) is 0 Å². The van der Waals surface area contributed by atoms with E-state index >= 15 is 0 Å². The number of nitrogens with one attached hydrogen (secondary N) is 2. The van der Waals surface area contributed by atoms with Crippen LogP contribution in [0.3, 0.4) is 0 Å². The standard InChI is InChI=1S/C16H22N2O2/c1-3-12(4-2)18-15(16(19)20)9-11-10-17-14-8-6-5-7-13(11)14/h5-8,10,12,15,17-18H,3-4,9H2,1-2H3,(H,19,20). The van der Waals surface area contributed by atoms with E-state index in [9.17, 15) is 9.90 Å². The summed E-state index contributed by atoms with van der Waals surface area (Å²) in [5, 5.41) is 13.8. The summed E-state index contributed by atoms with van der Waals surface area (Å²) in [5.41, 5.74) is 2.10. The van der Waals surface area contributed by atoms with E-state index in [1.165, 1.54) is 0 Å². The molecular formula is C16H22N2O2. The maximum absolute atomic E-state index is 11.5. The van der Waals surface area contributed by atoms with E-state index < -0.39 is 12.0 Å². The minimum atomic E-state index is -0.790. The van der Waals surface area contributed by atoms with Crippen molar-refractivity contribution in [3.63, 3.8) is 0 Å². The molecule has 1 atom stereocenters. The topological polar surface area (TPSA) is 65.1 Å². The van der Waals surface area contributed by atoms with Gasteiger partial charge in [-0.05, 0) is 24.5 Å². The highest BCUT2D eigenvalue weighted by molar-refractivity contribution is 5.84. The maximum atomic E-state index is 11.5. The number of aromatic nitrogens is 1. The van der Waals surface area contributed by atoms with Crippen LogP contribution < -0.4 is 5.32 Å². The van der Waals surface area contributed by atoms with Crippen LogP contribution in [0.4, 0.5) is 0 Å². The van der Waals surface area contributed by atoms with E-state index in [0.717, 1.165) is 29.3 Å². The molecule has 1 aromatic heterocycles. The van der Waals surface area contributed by atoms with Crippen molar-refractivity contribution in [3.8, 4) is 0 Å². The molecule has 4 nitrogen and oxygen atoms in total. The zero-order valence-corrected chi connectivity index (χ0v) is 12.0. The van der Waals surface area contributed by atoms with E-state index in [1.807, 2.05) is 30.5 Å². The highest BCUT2D eigenvalue weighted by atomic mass is 16.4. The third-order valence-electron chi connectivity index (χ3n) is 3.82. The van der Waals surface area contributed by atoms with E-state index in [1.54, 1.807) is 0 Å². The number of benzene rings is 1. The van der Waals surface area contributed by atoms with Crippen LogP contribution >= 0.6 is 0 Å². The van der Waals surface area contributed by atoms with Gasteiger partial charge in [0.1, 0.15) is 6.04 Å². The Balaban J connectivity index is 2.17. The second-order valence-electron chi connectivity index (χ2n) is 5.13.